The second-order valence-electron chi connectivity index (χ2n) is 4.08. The van der Waals surface area contributed by atoms with E-state index in [0.29, 0.717) is 10.8 Å². The number of methoxy groups -OCH3 is 1. The van der Waals surface area contributed by atoms with Gasteiger partial charge in [-0.1, -0.05) is 0 Å². The fraction of sp³-hybridized carbons (Fsp3) is 0.231. The van der Waals surface area contributed by atoms with Gasteiger partial charge < -0.3 is 10.1 Å². The van der Waals surface area contributed by atoms with Crippen molar-refractivity contribution in [1.29, 1.82) is 0 Å². The summed E-state index contributed by atoms with van der Waals surface area (Å²) in [7, 11) is 1.18. The molecule has 0 fully saturated rings. The Labute approximate surface area is 122 Å². The summed E-state index contributed by atoms with van der Waals surface area (Å²) in [6.45, 7) is 0. The maximum absolute atomic E-state index is 12.7. The first-order chi connectivity index (χ1) is 9.90. The number of carbonyl (C=O) groups excluding carboxylic acids is 1. The largest absolute Gasteiger partial charge is 0.469 e. The van der Waals surface area contributed by atoms with Crippen molar-refractivity contribution in [2.24, 2.45) is 0 Å². The van der Waals surface area contributed by atoms with Crippen LogP contribution in [0.2, 0.25) is 0 Å². The Balaban J connectivity index is 2.36. The molecular formula is C13H11F3N2O2S. The second kappa shape index (κ2) is 6.13. The summed E-state index contributed by atoms with van der Waals surface area (Å²) in [5.74, 6) is -0.614. The van der Waals surface area contributed by atoms with Gasteiger partial charge in [-0.25, -0.2) is 4.98 Å². The summed E-state index contributed by atoms with van der Waals surface area (Å²) in [6.07, 6.45) is -3.16. The molecule has 0 radical (unpaired) electrons. The molecule has 1 N–H and O–H groups in total. The summed E-state index contributed by atoms with van der Waals surface area (Å²) in [5, 5.41) is 5.15. The summed E-state index contributed by atoms with van der Waals surface area (Å²) < 4.78 is 42.8. The molecule has 0 aliphatic heterocycles. The first-order valence-corrected chi connectivity index (χ1v) is 6.71. The van der Waals surface area contributed by atoms with Gasteiger partial charge in [-0.05, 0) is 23.8 Å². The minimum Gasteiger partial charge on any atom is -0.469 e. The Morgan fingerprint density at radius 3 is 2.76 bits per heavy atom. The molecule has 1 aromatic carbocycles. The van der Waals surface area contributed by atoms with Crippen molar-refractivity contribution < 1.29 is 22.7 Å². The van der Waals surface area contributed by atoms with Gasteiger partial charge in [0.15, 0.2) is 5.13 Å². The van der Waals surface area contributed by atoms with Crippen LogP contribution in [-0.2, 0) is 22.1 Å². The van der Waals surface area contributed by atoms with E-state index in [4.69, 9.17) is 0 Å². The van der Waals surface area contributed by atoms with Gasteiger partial charge in [0.25, 0.3) is 0 Å². The lowest BCUT2D eigenvalue weighted by Gasteiger charge is -2.13. The Bertz CT molecular complexity index is 627. The van der Waals surface area contributed by atoms with Crippen LogP contribution in [0, 0.1) is 0 Å². The number of aromatic nitrogens is 1. The van der Waals surface area contributed by atoms with Crippen LogP contribution in [0.4, 0.5) is 24.0 Å². The Morgan fingerprint density at radius 2 is 2.19 bits per heavy atom. The standard InChI is InChI=1S/C13H11F3N2O2S/c1-20-11(19)7-8-6-9(13(14,15)16)2-3-10(8)18-12-17-4-5-21-12/h2-6H,7H2,1H3,(H,17,18). The van der Waals surface area contributed by atoms with Crippen molar-refractivity contribution in [2.75, 3.05) is 12.4 Å². The van der Waals surface area contributed by atoms with E-state index in [0.717, 1.165) is 12.1 Å². The molecule has 0 spiro atoms. The van der Waals surface area contributed by atoms with Gasteiger partial charge in [0, 0.05) is 17.3 Å². The van der Waals surface area contributed by atoms with E-state index >= 15 is 0 Å². The number of rotatable bonds is 4. The highest BCUT2D eigenvalue weighted by atomic mass is 32.1. The van der Waals surface area contributed by atoms with Crippen molar-refractivity contribution >= 4 is 28.1 Å². The first-order valence-electron chi connectivity index (χ1n) is 5.83. The van der Waals surface area contributed by atoms with Gasteiger partial charge in [-0.2, -0.15) is 13.2 Å². The molecular weight excluding hydrogens is 305 g/mol. The van der Waals surface area contributed by atoms with Gasteiger partial charge in [0.1, 0.15) is 0 Å². The number of thiazole rings is 1. The minimum absolute atomic E-state index is 0.201. The zero-order chi connectivity index (χ0) is 15.5. The maximum atomic E-state index is 12.7. The van der Waals surface area contributed by atoms with E-state index in [1.54, 1.807) is 11.6 Å². The summed E-state index contributed by atoms with van der Waals surface area (Å²) >= 11 is 1.30. The predicted octanol–water partition coefficient (Wildman–Crippen LogP) is 3.62. The van der Waals surface area contributed by atoms with Crippen LogP contribution < -0.4 is 5.32 Å². The molecule has 112 valence electrons. The number of esters is 1. The Kier molecular flexibility index (Phi) is 4.46. The second-order valence-corrected chi connectivity index (χ2v) is 4.98. The fourth-order valence-electron chi connectivity index (χ4n) is 1.67. The molecule has 0 saturated carbocycles. The van der Waals surface area contributed by atoms with Crippen LogP contribution in [0.5, 0.6) is 0 Å². The van der Waals surface area contributed by atoms with Gasteiger partial charge >= 0.3 is 12.1 Å². The molecule has 0 unspecified atom stereocenters. The van der Waals surface area contributed by atoms with Crippen LogP contribution >= 0.6 is 11.3 Å². The number of anilines is 2. The lowest BCUT2D eigenvalue weighted by Crippen LogP contribution is -2.10. The number of hydrogen-bond acceptors (Lipinski definition) is 5. The quantitative estimate of drug-likeness (QED) is 0.875. The molecule has 0 bridgehead atoms. The maximum Gasteiger partial charge on any atom is 0.416 e. The van der Waals surface area contributed by atoms with Crippen molar-refractivity contribution in [3.63, 3.8) is 0 Å². The van der Waals surface area contributed by atoms with E-state index in [9.17, 15) is 18.0 Å². The van der Waals surface area contributed by atoms with Crippen LogP contribution in [-0.4, -0.2) is 18.1 Å². The van der Waals surface area contributed by atoms with Crippen molar-refractivity contribution in [2.45, 2.75) is 12.6 Å². The third kappa shape index (κ3) is 3.94. The van der Waals surface area contributed by atoms with Crippen molar-refractivity contribution in [3.8, 4) is 0 Å². The zero-order valence-electron chi connectivity index (χ0n) is 10.9. The van der Waals surface area contributed by atoms with E-state index < -0.39 is 17.7 Å². The van der Waals surface area contributed by atoms with E-state index in [1.165, 1.54) is 24.5 Å². The number of nitrogens with one attached hydrogen (secondary N) is 1. The summed E-state index contributed by atoms with van der Waals surface area (Å²) in [4.78, 5) is 15.3. The number of benzene rings is 1. The lowest BCUT2D eigenvalue weighted by molar-refractivity contribution is -0.140. The highest BCUT2D eigenvalue weighted by molar-refractivity contribution is 7.13. The normalized spacial score (nSPS) is 11.2. The lowest BCUT2D eigenvalue weighted by atomic mass is 10.1. The number of halogens is 3. The van der Waals surface area contributed by atoms with Crippen LogP contribution in [0.3, 0.4) is 0 Å². The molecule has 0 atom stereocenters. The number of ether oxygens (including phenoxy) is 1. The molecule has 0 aliphatic rings. The number of carbonyl (C=O) groups is 1. The monoisotopic (exact) mass is 316 g/mol. The van der Waals surface area contributed by atoms with Gasteiger partial charge in [-0.3, -0.25) is 4.79 Å². The average Bonchev–Trinajstić information content (AvgIpc) is 2.92. The molecule has 0 amide bonds. The minimum atomic E-state index is -4.47. The smallest absolute Gasteiger partial charge is 0.416 e. The topological polar surface area (TPSA) is 51.2 Å². The van der Waals surface area contributed by atoms with E-state index in [2.05, 4.69) is 15.0 Å². The zero-order valence-corrected chi connectivity index (χ0v) is 11.7. The highest BCUT2D eigenvalue weighted by Crippen LogP contribution is 2.33. The molecule has 0 aliphatic carbocycles. The predicted molar refractivity (Wildman–Crippen MR) is 72.6 cm³/mol. The van der Waals surface area contributed by atoms with Gasteiger partial charge in [-0.15, -0.1) is 11.3 Å². The van der Waals surface area contributed by atoms with Crippen LogP contribution in [0.15, 0.2) is 29.8 Å². The summed E-state index contributed by atoms with van der Waals surface area (Å²) in [6, 6.07) is 3.17. The van der Waals surface area contributed by atoms with Crippen LogP contribution in [0.25, 0.3) is 0 Å². The number of alkyl halides is 3. The van der Waals surface area contributed by atoms with Gasteiger partial charge in [0.2, 0.25) is 0 Å². The Morgan fingerprint density at radius 1 is 1.43 bits per heavy atom. The first kappa shape index (κ1) is 15.3. The molecule has 4 nitrogen and oxygen atoms in total. The van der Waals surface area contributed by atoms with E-state index in [-0.39, 0.29) is 12.0 Å². The average molecular weight is 316 g/mol. The third-order valence-corrected chi connectivity index (χ3v) is 3.36. The molecule has 21 heavy (non-hydrogen) atoms. The molecule has 8 heteroatoms. The van der Waals surface area contributed by atoms with E-state index in [1.807, 2.05) is 0 Å². The fourth-order valence-corrected chi connectivity index (χ4v) is 2.21. The van der Waals surface area contributed by atoms with Crippen molar-refractivity contribution in [3.05, 3.63) is 40.9 Å². The molecule has 2 aromatic rings. The summed E-state index contributed by atoms with van der Waals surface area (Å²) in [5.41, 5.74) is -0.221. The molecule has 0 saturated heterocycles. The number of hydrogen-bond donors (Lipinski definition) is 1. The van der Waals surface area contributed by atoms with Crippen LogP contribution in [0.1, 0.15) is 11.1 Å². The SMILES string of the molecule is COC(=O)Cc1cc(C(F)(F)F)ccc1Nc1nccs1. The number of nitrogens with zero attached hydrogens (tertiary/aromatic N) is 1. The third-order valence-electron chi connectivity index (χ3n) is 2.67. The molecule has 2 rings (SSSR count). The van der Waals surface area contributed by atoms with Crippen molar-refractivity contribution in [1.82, 2.24) is 4.98 Å². The highest BCUT2D eigenvalue weighted by Gasteiger charge is 2.31. The molecule has 1 heterocycles. The van der Waals surface area contributed by atoms with Gasteiger partial charge in [0.05, 0.1) is 19.1 Å². The molecule has 1 aromatic heterocycles. The Hall–Kier alpha value is -2.09.